The molecule has 0 aromatic heterocycles. The van der Waals surface area contributed by atoms with Gasteiger partial charge in [-0.05, 0) is 57.7 Å². The highest BCUT2D eigenvalue weighted by molar-refractivity contribution is 6.17. The van der Waals surface area contributed by atoms with Crippen LogP contribution in [0, 0.1) is 5.92 Å². The van der Waals surface area contributed by atoms with Gasteiger partial charge in [0.2, 0.25) is 0 Å². The smallest absolute Gasteiger partial charge is 0.0223 e. The molecular weight excluding hydrogens is 206 g/mol. The molecule has 90 valence electrons. The molecule has 1 fully saturated rings. The average Bonchev–Trinajstić information content (AvgIpc) is 2.45. The second kappa shape index (κ2) is 8.41. The summed E-state index contributed by atoms with van der Waals surface area (Å²) in [7, 11) is 0. The van der Waals surface area contributed by atoms with Gasteiger partial charge in [0.05, 0.1) is 0 Å². The standard InChI is InChI=1S/C13H26ClN/c1-2-6-13-7-5-11-15(12-8-13)10-4-3-9-14/h13H,2-12H2,1H3. The molecule has 1 rings (SSSR count). The van der Waals surface area contributed by atoms with Crippen molar-refractivity contribution in [2.75, 3.05) is 25.5 Å². The molecular formula is C13H26ClN. The summed E-state index contributed by atoms with van der Waals surface area (Å²) in [4.78, 5) is 2.64. The molecule has 1 heterocycles. The van der Waals surface area contributed by atoms with Crippen LogP contribution in [0.4, 0.5) is 0 Å². The highest BCUT2D eigenvalue weighted by Crippen LogP contribution is 2.21. The lowest BCUT2D eigenvalue weighted by atomic mass is 9.96. The van der Waals surface area contributed by atoms with Gasteiger partial charge >= 0.3 is 0 Å². The van der Waals surface area contributed by atoms with Crippen molar-refractivity contribution in [3.05, 3.63) is 0 Å². The predicted molar refractivity (Wildman–Crippen MR) is 68.6 cm³/mol. The molecule has 0 N–H and O–H groups in total. The van der Waals surface area contributed by atoms with Gasteiger partial charge in [0.1, 0.15) is 0 Å². The molecule has 0 amide bonds. The molecule has 1 aliphatic heterocycles. The van der Waals surface area contributed by atoms with Gasteiger partial charge in [-0.1, -0.05) is 19.8 Å². The Labute approximate surface area is 100 Å². The molecule has 0 aliphatic carbocycles. The lowest BCUT2D eigenvalue weighted by molar-refractivity contribution is 0.275. The molecule has 2 heteroatoms. The van der Waals surface area contributed by atoms with E-state index in [1.165, 1.54) is 64.6 Å². The van der Waals surface area contributed by atoms with E-state index in [2.05, 4.69) is 11.8 Å². The zero-order valence-electron chi connectivity index (χ0n) is 10.2. The van der Waals surface area contributed by atoms with Crippen LogP contribution in [0.3, 0.4) is 0 Å². The third kappa shape index (κ3) is 5.77. The Morgan fingerprint density at radius 1 is 1.20 bits per heavy atom. The van der Waals surface area contributed by atoms with Crippen molar-refractivity contribution < 1.29 is 0 Å². The minimum Gasteiger partial charge on any atom is -0.303 e. The fourth-order valence-corrected chi connectivity index (χ4v) is 2.76. The first-order valence-corrected chi connectivity index (χ1v) is 7.18. The van der Waals surface area contributed by atoms with Crippen LogP contribution in [0.2, 0.25) is 0 Å². The van der Waals surface area contributed by atoms with Crippen molar-refractivity contribution in [3.63, 3.8) is 0 Å². The summed E-state index contributed by atoms with van der Waals surface area (Å²) >= 11 is 5.70. The van der Waals surface area contributed by atoms with E-state index in [1.54, 1.807) is 0 Å². The Bertz CT molecular complexity index is 149. The number of hydrogen-bond donors (Lipinski definition) is 0. The maximum atomic E-state index is 5.70. The summed E-state index contributed by atoms with van der Waals surface area (Å²) in [6.07, 6.45) is 9.55. The Morgan fingerprint density at radius 3 is 2.80 bits per heavy atom. The molecule has 0 aromatic rings. The monoisotopic (exact) mass is 231 g/mol. The lowest BCUT2D eigenvalue weighted by Gasteiger charge is -2.19. The third-order valence-electron chi connectivity index (χ3n) is 3.50. The number of nitrogens with zero attached hydrogens (tertiary/aromatic N) is 1. The van der Waals surface area contributed by atoms with Crippen LogP contribution in [0.5, 0.6) is 0 Å². The van der Waals surface area contributed by atoms with Gasteiger partial charge in [-0.3, -0.25) is 0 Å². The summed E-state index contributed by atoms with van der Waals surface area (Å²) in [5.74, 6) is 1.83. The zero-order chi connectivity index (χ0) is 10.9. The van der Waals surface area contributed by atoms with Crippen molar-refractivity contribution in [1.82, 2.24) is 4.90 Å². The number of hydrogen-bond acceptors (Lipinski definition) is 1. The first-order valence-electron chi connectivity index (χ1n) is 6.65. The van der Waals surface area contributed by atoms with Crippen LogP contribution in [0.1, 0.15) is 51.9 Å². The second-order valence-electron chi connectivity index (χ2n) is 4.82. The minimum absolute atomic E-state index is 0.826. The summed E-state index contributed by atoms with van der Waals surface area (Å²) in [5, 5.41) is 0. The first-order chi connectivity index (χ1) is 7.36. The summed E-state index contributed by atoms with van der Waals surface area (Å²) in [5.41, 5.74) is 0. The SMILES string of the molecule is CCCC1CCCN(CCCCCl)CC1. The second-order valence-corrected chi connectivity index (χ2v) is 5.20. The molecule has 1 saturated heterocycles. The zero-order valence-corrected chi connectivity index (χ0v) is 10.9. The molecule has 1 atom stereocenters. The van der Waals surface area contributed by atoms with Crippen LogP contribution < -0.4 is 0 Å². The van der Waals surface area contributed by atoms with Crippen molar-refractivity contribution in [1.29, 1.82) is 0 Å². The van der Waals surface area contributed by atoms with Crippen molar-refractivity contribution >= 4 is 11.6 Å². The molecule has 0 saturated carbocycles. The minimum atomic E-state index is 0.826. The van der Waals surface area contributed by atoms with E-state index in [0.717, 1.165) is 11.8 Å². The number of halogens is 1. The van der Waals surface area contributed by atoms with Crippen LogP contribution in [-0.4, -0.2) is 30.4 Å². The van der Waals surface area contributed by atoms with E-state index in [1.807, 2.05) is 0 Å². The summed E-state index contributed by atoms with van der Waals surface area (Å²) < 4.78 is 0. The Hall–Kier alpha value is 0.250. The summed E-state index contributed by atoms with van der Waals surface area (Å²) in [6, 6.07) is 0. The van der Waals surface area contributed by atoms with Crippen LogP contribution >= 0.6 is 11.6 Å². The van der Waals surface area contributed by atoms with Gasteiger partial charge < -0.3 is 4.90 Å². The normalized spacial score (nSPS) is 24.0. The van der Waals surface area contributed by atoms with E-state index >= 15 is 0 Å². The van der Waals surface area contributed by atoms with Gasteiger partial charge in [-0.2, -0.15) is 0 Å². The summed E-state index contributed by atoms with van der Waals surface area (Å²) in [6.45, 7) is 6.23. The van der Waals surface area contributed by atoms with Gasteiger partial charge in [0.15, 0.2) is 0 Å². The van der Waals surface area contributed by atoms with E-state index in [9.17, 15) is 0 Å². The molecule has 1 nitrogen and oxygen atoms in total. The van der Waals surface area contributed by atoms with Crippen molar-refractivity contribution in [3.8, 4) is 0 Å². The van der Waals surface area contributed by atoms with Gasteiger partial charge in [-0.15, -0.1) is 11.6 Å². The lowest BCUT2D eigenvalue weighted by Crippen LogP contribution is -2.26. The fourth-order valence-electron chi connectivity index (χ4n) is 2.58. The Kier molecular flexibility index (Phi) is 7.46. The highest BCUT2D eigenvalue weighted by atomic mass is 35.5. The van der Waals surface area contributed by atoms with Crippen molar-refractivity contribution in [2.45, 2.75) is 51.9 Å². The molecule has 0 aromatic carbocycles. The maximum Gasteiger partial charge on any atom is 0.0223 e. The quantitative estimate of drug-likeness (QED) is 0.495. The fraction of sp³-hybridized carbons (Fsp3) is 1.00. The molecule has 0 spiro atoms. The largest absolute Gasteiger partial charge is 0.303 e. The van der Waals surface area contributed by atoms with Gasteiger partial charge in [0.25, 0.3) is 0 Å². The maximum absolute atomic E-state index is 5.70. The van der Waals surface area contributed by atoms with E-state index in [-0.39, 0.29) is 0 Å². The van der Waals surface area contributed by atoms with E-state index in [0.29, 0.717) is 0 Å². The molecule has 15 heavy (non-hydrogen) atoms. The Morgan fingerprint density at radius 2 is 2.07 bits per heavy atom. The molecule has 1 unspecified atom stereocenters. The van der Waals surface area contributed by atoms with Crippen LogP contribution in [0.15, 0.2) is 0 Å². The van der Waals surface area contributed by atoms with E-state index < -0.39 is 0 Å². The number of likely N-dealkylation sites (tertiary alicyclic amines) is 1. The van der Waals surface area contributed by atoms with Crippen molar-refractivity contribution in [2.24, 2.45) is 5.92 Å². The molecule has 0 radical (unpaired) electrons. The third-order valence-corrected chi connectivity index (χ3v) is 3.76. The average molecular weight is 232 g/mol. The van der Waals surface area contributed by atoms with Gasteiger partial charge in [0, 0.05) is 5.88 Å². The first kappa shape index (κ1) is 13.3. The highest BCUT2D eigenvalue weighted by Gasteiger charge is 2.15. The number of rotatable bonds is 6. The number of unbranched alkanes of at least 4 members (excludes halogenated alkanes) is 1. The Balaban J connectivity index is 2.14. The molecule has 1 aliphatic rings. The van der Waals surface area contributed by atoms with Gasteiger partial charge in [-0.25, -0.2) is 0 Å². The predicted octanol–water partition coefficient (Wildman–Crippen LogP) is 3.91. The van der Waals surface area contributed by atoms with E-state index in [4.69, 9.17) is 11.6 Å². The van der Waals surface area contributed by atoms with Crippen LogP contribution in [-0.2, 0) is 0 Å². The van der Waals surface area contributed by atoms with Crippen LogP contribution in [0.25, 0.3) is 0 Å². The topological polar surface area (TPSA) is 3.24 Å². The number of alkyl halides is 1. The molecule has 0 bridgehead atoms.